The molecule has 0 saturated heterocycles. The van der Waals surface area contributed by atoms with E-state index in [2.05, 4.69) is 0 Å². The molecule has 2 aromatic rings. The molecule has 3 heteroatoms. The van der Waals surface area contributed by atoms with Crippen LogP contribution in [-0.4, -0.2) is 5.11 Å². The van der Waals surface area contributed by atoms with Crippen LogP contribution >= 0.6 is 11.3 Å². The number of benzene rings is 1. The van der Waals surface area contributed by atoms with Crippen LogP contribution in [0.5, 0.6) is 0 Å². The monoisotopic (exact) mass is 236 g/mol. The van der Waals surface area contributed by atoms with E-state index in [9.17, 15) is 9.50 Å². The fourth-order valence-electron chi connectivity index (χ4n) is 1.63. The van der Waals surface area contributed by atoms with Gasteiger partial charge in [-0.2, -0.15) is 0 Å². The Balaban J connectivity index is 2.40. The van der Waals surface area contributed by atoms with Crippen molar-refractivity contribution in [1.29, 1.82) is 0 Å². The highest BCUT2D eigenvalue weighted by molar-refractivity contribution is 7.12. The normalized spacial score (nSPS) is 12.8. The van der Waals surface area contributed by atoms with Crippen LogP contribution in [-0.2, 0) is 0 Å². The summed E-state index contributed by atoms with van der Waals surface area (Å²) in [6, 6.07) is 8.55. The Labute approximate surface area is 98.2 Å². The molecule has 0 amide bonds. The fourth-order valence-corrected chi connectivity index (χ4v) is 2.51. The average molecular weight is 236 g/mol. The van der Waals surface area contributed by atoms with Crippen molar-refractivity contribution in [2.24, 2.45) is 0 Å². The smallest absolute Gasteiger partial charge is 0.129 e. The van der Waals surface area contributed by atoms with Gasteiger partial charge in [-0.1, -0.05) is 17.7 Å². The van der Waals surface area contributed by atoms with Gasteiger partial charge in [0.15, 0.2) is 0 Å². The van der Waals surface area contributed by atoms with Crippen LogP contribution in [0.15, 0.2) is 30.3 Å². The topological polar surface area (TPSA) is 20.2 Å². The van der Waals surface area contributed by atoms with E-state index in [1.807, 2.05) is 26.0 Å². The number of aryl methyl sites for hydroxylation is 2. The number of rotatable bonds is 2. The van der Waals surface area contributed by atoms with Gasteiger partial charge < -0.3 is 5.11 Å². The van der Waals surface area contributed by atoms with Crippen molar-refractivity contribution in [3.8, 4) is 0 Å². The third kappa shape index (κ3) is 2.15. The molecule has 0 radical (unpaired) electrons. The van der Waals surface area contributed by atoms with Gasteiger partial charge in [0.05, 0.1) is 0 Å². The molecule has 1 atom stereocenters. The van der Waals surface area contributed by atoms with Crippen molar-refractivity contribution in [2.45, 2.75) is 20.0 Å². The van der Waals surface area contributed by atoms with Gasteiger partial charge in [0.2, 0.25) is 0 Å². The van der Waals surface area contributed by atoms with Crippen LogP contribution in [0.2, 0.25) is 0 Å². The first-order chi connectivity index (χ1) is 7.58. The molecular formula is C13H13FOS. The molecule has 16 heavy (non-hydrogen) atoms. The molecule has 0 saturated carbocycles. The maximum atomic E-state index is 13.6. The number of thiophene rings is 1. The SMILES string of the molecule is Cc1ccc(F)c(C(O)c2ccc(C)s2)c1. The van der Waals surface area contributed by atoms with Gasteiger partial charge in [0.1, 0.15) is 11.9 Å². The van der Waals surface area contributed by atoms with E-state index in [-0.39, 0.29) is 5.82 Å². The lowest BCUT2D eigenvalue weighted by Gasteiger charge is -2.10. The largest absolute Gasteiger partial charge is 0.383 e. The van der Waals surface area contributed by atoms with E-state index in [1.54, 1.807) is 12.1 Å². The van der Waals surface area contributed by atoms with E-state index >= 15 is 0 Å². The molecule has 0 aliphatic heterocycles. The molecule has 1 nitrogen and oxygen atoms in total. The Kier molecular flexibility index (Phi) is 3.08. The molecule has 0 spiro atoms. The van der Waals surface area contributed by atoms with Crippen LogP contribution in [0.25, 0.3) is 0 Å². The zero-order valence-electron chi connectivity index (χ0n) is 9.20. The van der Waals surface area contributed by atoms with Crippen LogP contribution in [0.1, 0.15) is 27.0 Å². The summed E-state index contributed by atoms with van der Waals surface area (Å²) in [6.07, 6.45) is -0.862. The number of halogens is 1. The third-order valence-corrected chi connectivity index (χ3v) is 3.53. The second kappa shape index (κ2) is 4.36. The second-order valence-electron chi connectivity index (χ2n) is 3.88. The van der Waals surface area contributed by atoms with Crippen molar-refractivity contribution in [3.63, 3.8) is 0 Å². The molecule has 1 N–H and O–H groups in total. The molecule has 1 aromatic heterocycles. The number of aliphatic hydroxyl groups is 1. The highest BCUT2D eigenvalue weighted by Gasteiger charge is 2.16. The maximum Gasteiger partial charge on any atom is 0.129 e. The summed E-state index contributed by atoms with van der Waals surface area (Å²) in [5.74, 6) is -0.357. The predicted molar refractivity (Wildman–Crippen MR) is 64.3 cm³/mol. The molecule has 2 rings (SSSR count). The first kappa shape index (κ1) is 11.3. The molecule has 1 unspecified atom stereocenters. The van der Waals surface area contributed by atoms with E-state index < -0.39 is 6.10 Å². The summed E-state index contributed by atoms with van der Waals surface area (Å²) in [4.78, 5) is 1.89. The second-order valence-corrected chi connectivity index (χ2v) is 5.20. The van der Waals surface area contributed by atoms with Crippen molar-refractivity contribution in [2.75, 3.05) is 0 Å². The Morgan fingerprint density at radius 1 is 1.19 bits per heavy atom. The molecular weight excluding hydrogens is 223 g/mol. The van der Waals surface area contributed by atoms with Gasteiger partial charge in [0.25, 0.3) is 0 Å². The minimum absolute atomic E-state index is 0.349. The Bertz CT molecular complexity index is 504. The molecule has 0 aliphatic carbocycles. The first-order valence-electron chi connectivity index (χ1n) is 5.08. The van der Waals surface area contributed by atoms with Gasteiger partial charge in [-0.05, 0) is 32.0 Å². The molecule has 0 aliphatic rings. The highest BCUT2D eigenvalue weighted by atomic mass is 32.1. The summed E-state index contributed by atoms with van der Waals surface area (Å²) in [5, 5.41) is 10.1. The van der Waals surface area contributed by atoms with Crippen molar-refractivity contribution in [1.82, 2.24) is 0 Å². The Morgan fingerprint density at radius 2 is 1.94 bits per heavy atom. The summed E-state index contributed by atoms with van der Waals surface area (Å²) in [5.41, 5.74) is 1.30. The third-order valence-electron chi connectivity index (χ3n) is 2.48. The van der Waals surface area contributed by atoms with Crippen molar-refractivity contribution in [3.05, 3.63) is 57.0 Å². The van der Waals surface area contributed by atoms with E-state index in [1.165, 1.54) is 17.4 Å². The van der Waals surface area contributed by atoms with E-state index in [0.29, 0.717) is 5.56 Å². The molecule has 1 aromatic carbocycles. The average Bonchev–Trinajstić information content (AvgIpc) is 2.67. The van der Waals surface area contributed by atoms with Crippen molar-refractivity contribution >= 4 is 11.3 Å². The van der Waals surface area contributed by atoms with Gasteiger partial charge in [0, 0.05) is 15.3 Å². The van der Waals surface area contributed by atoms with E-state index in [4.69, 9.17) is 0 Å². The van der Waals surface area contributed by atoms with Crippen LogP contribution < -0.4 is 0 Å². The lowest BCUT2D eigenvalue weighted by molar-refractivity contribution is 0.218. The first-order valence-corrected chi connectivity index (χ1v) is 5.90. The summed E-state index contributed by atoms with van der Waals surface area (Å²) < 4.78 is 13.6. The minimum atomic E-state index is -0.862. The maximum absolute atomic E-state index is 13.6. The number of aliphatic hydroxyl groups excluding tert-OH is 1. The zero-order chi connectivity index (χ0) is 11.7. The zero-order valence-corrected chi connectivity index (χ0v) is 10.0. The van der Waals surface area contributed by atoms with E-state index in [0.717, 1.165) is 15.3 Å². The Hall–Kier alpha value is -1.19. The summed E-state index contributed by atoms with van der Waals surface area (Å²) in [7, 11) is 0. The highest BCUT2D eigenvalue weighted by Crippen LogP contribution is 2.29. The van der Waals surface area contributed by atoms with Gasteiger partial charge in [-0.3, -0.25) is 0 Å². The quantitative estimate of drug-likeness (QED) is 0.845. The molecule has 1 heterocycles. The molecule has 84 valence electrons. The van der Waals surface area contributed by atoms with Gasteiger partial charge >= 0.3 is 0 Å². The number of hydrogen-bond donors (Lipinski definition) is 1. The number of hydrogen-bond acceptors (Lipinski definition) is 2. The van der Waals surface area contributed by atoms with Gasteiger partial charge in [-0.25, -0.2) is 4.39 Å². The molecule has 0 bridgehead atoms. The predicted octanol–water partition coefficient (Wildman–Crippen LogP) is 3.59. The molecule has 0 fully saturated rings. The fraction of sp³-hybridized carbons (Fsp3) is 0.231. The van der Waals surface area contributed by atoms with Crippen molar-refractivity contribution < 1.29 is 9.50 Å². The lowest BCUT2D eigenvalue weighted by atomic mass is 10.0. The van der Waals surface area contributed by atoms with Gasteiger partial charge in [-0.15, -0.1) is 11.3 Å². The van der Waals surface area contributed by atoms with Crippen LogP contribution in [0.4, 0.5) is 4.39 Å². The van der Waals surface area contributed by atoms with Crippen LogP contribution in [0.3, 0.4) is 0 Å². The Morgan fingerprint density at radius 3 is 2.56 bits per heavy atom. The lowest BCUT2D eigenvalue weighted by Crippen LogP contribution is -2.00. The minimum Gasteiger partial charge on any atom is -0.383 e. The summed E-state index contributed by atoms with van der Waals surface area (Å²) in [6.45, 7) is 3.85. The summed E-state index contributed by atoms with van der Waals surface area (Å²) >= 11 is 1.49. The standard InChI is InChI=1S/C13H13FOS/c1-8-3-5-11(14)10(7-8)13(15)12-6-4-9(2)16-12/h3-7,13,15H,1-2H3. The van der Waals surface area contributed by atoms with Crippen LogP contribution in [0, 0.1) is 19.7 Å².